The molecule has 2 aromatic heterocycles. The van der Waals surface area contributed by atoms with Crippen LogP contribution in [0, 0.1) is 11.3 Å². The van der Waals surface area contributed by atoms with E-state index in [9.17, 15) is 14.9 Å². The number of fused-ring (bicyclic) bond motifs is 1. The molecule has 0 atom stereocenters. The van der Waals surface area contributed by atoms with Gasteiger partial charge in [0.1, 0.15) is 27.4 Å². The fraction of sp³-hybridized carbons (Fsp3) is 0.474. The van der Waals surface area contributed by atoms with Crippen LogP contribution in [0.25, 0.3) is 11.0 Å². The van der Waals surface area contributed by atoms with Crippen LogP contribution in [0.2, 0.25) is 0 Å². The van der Waals surface area contributed by atoms with E-state index < -0.39 is 5.60 Å². The van der Waals surface area contributed by atoms with Crippen molar-refractivity contribution in [1.29, 1.82) is 5.26 Å². The maximum absolute atomic E-state index is 12.7. The van der Waals surface area contributed by atoms with Crippen molar-refractivity contribution in [3.8, 4) is 6.07 Å². The molecule has 28 heavy (non-hydrogen) atoms. The molecule has 0 unspecified atom stereocenters. The van der Waals surface area contributed by atoms with Gasteiger partial charge in [0.25, 0.3) is 5.56 Å². The van der Waals surface area contributed by atoms with Crippen LogP contribution >= 0.6 is 15.9 Å². The van der Waals surface area contributed by atoms with E-state index in [1.54, 1.807) is 24.1 Å². The summed E-state index contributed by atoms with van der Waals surface area (Å²) in [7, 11) is 1.63. The highest BCUT2D eigenvalue weighted by atomic mass is 79.9. The molecule has 1 aliphatic heterocycles. The number of anilines is 1. The van der Waals surface area contributed by atoms with Crippen LogP contribution in [0.5, 0.6) is 0 Å². The number of carbonyl (C=O) groups excluding carboxylic acids is 1. The third-order valence-electron chi connectivity index (χ3n) is 4.54. The van der Waals surface area contributed by atoms with Crippen LogP contribution < -0.4 is 10.5 Å². The van der Waals surface area contributed by atoms with Gasteiger partial charge in [-0.1, -0.05) is 0 Å². The second-order valence-corrected chi connectivity index (χ2v) is 8.47. The first-order valence-electron chi connectivity index (χ1n) is 8.94. The summed E-state index contributed by atoms with van der Waals surface area (Å²) in [5.74, 6) is 0. The Labute approximate surface area is 171 Å². The van der Waals surface area contributed by atoms with Crippen molar-refractivity contribution in [3.63, 3.8) is 0 Å². The number of hydrogen-bond donors (Lipinski definition) is 0. The molecule has 8 nitrogen and oxygen atoms in total. The molecule has 9 heteroatoms. The number of amides is 1. The van der Waals surface area contributed by atoms with Gasteiger partial charge >= 0.3 is 6.09 Å². The molecule has 3 rings (SSSR count). The van der Waals surface area contributed by atoms with Crippen molar-refractivity contribution in [2.45, 2.75) is 26.4 Å². The largest absolute Gasteiger partial charge is 0.444 e. The number of halogens is 1. The summed E-state index contributed by atoms with van der Waals surface area (Å²) in [5.41, 5.74) is 0.900. The predicted molar refractivity (Wildman–Crippen MR) is 109 cm³/mol. The van der Waals surface area contributed by atoms with E-state index in [0.717, 1.165) is 0 Å². The van der Waals surface area contributed by atoms with Crippen molar-refractivity contribution in [2.75, 3.05) is 31.1 Å². The standard InChI is InChI=1S/C19H22BrN5O3/c1-19(2,3)28-18(27)25-9-7-24(8-10-25)16-12(11-21)17(26)23(4)13-5-6-14(20)22-15(13)16/h5-6H,7-10H2,1-4H3. The Morgan fingerprint density at radius 3 is 2.46 bits per heavy atom. The fourth-order valence-corrected chi connectivity index (χ4v) is 3.53. The molecule has 0 saturated carbocycles. The minimum Gasteiger partial charge on any atom is -0.444 e. The van der Waals surface area contributed by atoms with Gasteiger partial charge in [0.2, 0.25) is 0 Å². The van der Waals surface area contributed by atoms with E-state index in [0.29, 0.717) is 47.5 Å². The van der Waals surface area contributed by atoms with E-state index in [-0.39, 0.29) is 17.2 Å². The molecule has 0 radical (unpaired) electrons. The third-order valence-corrected chi connectivity index (χ3v) is 4.98. The van der Waals surface area contributed by atoms with Crippen molar-refractivity contribution in [2.24, 2.45) is 7.05 Å². The average molecular weight is 448 g/mol. The van der Waals surface area contributed by atoms with Crippen molar-refractivity contribution in [3.05, 3.63) is 32.7 Å². The third kappa shape index (κ3) is 3.83. The molecule has 0 N–H and O–H groups in total. The monoisotopic (exact) mass is 447 g/mol. The molecular formula is C19H22BrN5O3. The first-order valence-corrected chi connectivity index (χ1v) is 9.74. The highest BCUT2D eigenvalue weighted by Crippen LogP contribution is 2.29. The molecule has 3 heterocycles. The van der Waals surface area contributed by atoms with E-state index in [1.165, 1.54) is 4.57 Å². The molecule has 0 spiro atoms. The number of nitriles is 1. The second-order valence-electron chi connectivity index (χ2n) is 7.66. The Bertz CT molecular complexity index is 1030. The number of ether oxygens (including phenoxy) is 1. The lowest BCUT2D eigenvalue weighted by Gasteiger charge is -2.37. The summed E-state index contributed by atoms with van der Waals surface area (Å²) in [6, 6.07) is 5.61. The Kier molecular flexibility index (Phi) is 5.35. The van der Waals surface area contributed by atoms with Crippen LogP contribution in [0.4, 0.5) is 10.5 Å². The molecule has 1 aliphatic rings. The maximum Gasteiger partial charge on any atom is 0.410 e. The summed E-state index contributed by atoms with van der Waals surface area (Å²) < 4.78 is 7.49. The lowest BCUT2D eigenvalue weighted by atomic mass is 10.1. The van der Waals surface area contributed by atoms with Crippen LogP contribution in [0.3, 0.4) is 0 Å². The number of rotatable bonds is 1. The summed E-state index contributed by atoms with van der Waals surface area (Å²) in [4.78, 5) is 33.1. The van der Waals surface area contributed by atoms with Crippen LogP contribution in [-0.2, 0) is 11.8 Å². The van der Waals surface area contributed by atoms with Gasteiger partial charge in [-0.15, -0.1) is 0 Å². The van der Waals surface area contributed by atoms with Crippen molar-refractivity contribution in [1.82, 2.24) is 14.5 Å². The number of hydrogen-bond acceptors (Lipinski definition) is 6. The lowest BCUT2D eigenvalue weighted by molar-refractivity contribution is 0.0240. The molecule has 1 saturated heterocycles. The second kappa shape index (κ2) is 7.43. The Balaban J connectivity index is 1.96. The number of aryl methyl sites for hydroxylation is 1. The number of piperazine rings is 1. The predicted octanol–water partition coefficient (Wildman–Crippen LogP) is 2.62. The molecular weight excluding hydrogens is 426 g/mol. The van der Waals surface area contributed by atoms with Crippen LogP contribution in [-0.4, -0.2) is 52.3 Å². The summed E-state index contributed by atoms with van der Waals surface area (Å²) in [6.07, 6.45) is -0.359. The van der Waals surface area contributed by atoms with E-state index >= 15 is 0 Å². The summed E-state index contributed by atoms with van der Waals surface area (Å²) >= 11 is 3.37. The van der Waals surface area contributed by atoms with Gasteiger partial charge in [-0.25, -0.2) is 9.78 Å². The van der Waals surface area contributed by atoms with E-state index in [2.05, 4.69) is 20.9 Å². The van der Waals surface area contributed by atoms with Crippen LogP contribution in [0.15, 0.2) is 21.5 Å². The Morgan fingerprint density at radius 1 is 1.25 bits per heavy atom. The first-order chi connectivity index (χ1) is 13.1. The highest BCUT2D eigenvalue weighted by Gasteiger charge is 2.29. The zero-order valence-electron chi connectivity index (χ0n) is 16.3. The van der Waals surface area contributed by atoms with Crippen LogP contribution in [0.1, 0.15) is 26.3 Å². The number of aromatic nitrogens is 2. The number of carbonyl (C=O) groups is 1. The van der Waals surface area contributed by atoms with Crippen molar-refractivity contribution >= 4 is 38.7 Å². The smallest absolute Gasteiger partial charge is 0.410 e. The van der Waals surface area contributed by atoms with Gasteiger partial charge in [0.15, 0.2) is 0 Å². The van der Waals surface area contributed by atoms with Gasteiger partial charge in [-0.3, -0.25) is 4.79 Å². The van der Waals surface area contributed by atoms with E-state index in [4.69, 9.17) is 4.74 Å². The molecule has 0 aromatic carbocycles. The zero-order valence-corrected chi connectivity index (χ0v) is 17.9. The molecule has 148 valence electrons. The van der Waals surface area contributed by atoms with Gasteiger partial charge in [-0.05, 0) is 48.8 Å². The molecule has 1 fully saturated rings. The minimum atomic E-state index is -0.555. The number of nitrogens with zero attached hydrogens (tertiary/aromatic N) is 5. The van der Waals surface area contributed by atoms with Gasteiger partial charge in [0.05, 0.1) is 11.2 Å². The molecule has 0 bridgehead atoms. The number of pyridine rings is 2. The Morgan fingerprint density at radius 2 is 1.89 bits per heavy atom. The van der Waals surface area contributed by atoms with Gasteiger partial charge in [-0.2, -0.15) is 5.26 Å². The van der Waals surface area contributed by atoms with Crippen molar-refractivity contribution < 1.29 is 9.53 Å². The quantitative estimate of drug-likeness (QED) is 0.623. The molecule has 0 aliphatic carbocycles. The Hall–Kier alpha value is -2.60. The van der Waals surface area contributed by atoms with Gasteiger partial charge < -0.3 is 19.1 Å². The van der Waals surface area contributed by atoms with Gasteiger partial charge in [0, 0.05) is 33.2 Å². The molecule has 2 aromatic rings. The first kappa shape index (κ1) is 20.1. The normalized spacial score (nSPS) is 14.9. The lowest BCUT2D eigenvalue weighted by Crippen LogP contribution is -2.50. The minimum absolute atomic E-state index is 0.0614. The summed E-state index contributed by atoms with van der Waals surface area (Å²) in [5, 5.41) is 9.64. The van der Waals surface area contributed by atoms with E-state index in [1.807, 2.05) is 31.7 Å². The SMILES string of the molecule is Cn1c(=O)c(C#N)c(N2CCN(C(=O)OC(C)(C)C)CC2)c2nc(Br)ccc21. The topological polar surface area (TPSA) is 91.5 Å². The fourth-order valence-electron chi connectivity index (χ4n) is 3.22. The zero-order chi connectivity index (χ0) is 20.6. The molecule has 1 amide bonds. The average Bonchev–Trinajstić information content (AvgIpc) is 2.63. The summed E-state index contributed by atoms with van der Waals surface area (Å²) in [6.45, 7) is 7.31. The highest BCUT2D eigenvalue weighted by molar-refractivity contribution is 9.10. The maximum atomic E-state index is 12.7.